The zero-order chi connectivity index (χ0) is 25.2. The summed E-state index contributed by atoms with van der Waals surface area (Å²) in [6, 6.07) is 17.0. The standard InChI is InChI=1S/C28H34N2O3S/c1-18-8-9-19(2)27(14-18)30(34(7,32)33)17-24-10-12-25(13-11-24)28(31)29-23(6)26-16-21(4)20(3)15-22(26)5/h8-16,23H,17H2,1-7H3,(H,29,31)/t23-/m1/s1. The summed E-state index contributed by atoms with van der Waals surface area (Å²) in [4.78, 5) is 12.9. The molecule has 0 aromatic heterocycles. The Bertz CT molecular complexity index is 1310. The molecule has 0 heterocycles. The van der Waals surface area contributed by atoms with E-state index in [0.717, 1.165) is 27.8 Å². The lowest BCUT2D eigenvalue weighted by Gasteiger charge is -2.25. The molecule has 5 nitrogen and oxygen atoms in total. The third-order valence-corrected chi connectivity index (χ3v) is 7.40. The van der Waals surface area contributed by atoms with Crippen LogP contribution in [0.2, 0.25) is 0 Å². The second kappa shape index (κ2) is 10.0. The van der Waals surface area contributed by atoms with Crippen LogP contribution in [-0.2, 0) is 16.6 Å². The molecule has 3 aromatic rings. The summed E-state index contributed by atoms with van der Waals surface area (Å²) < 4.78 is 26.5. The van der Waals surface area contributed by atoms with Crippen LogP contribution < -0.4 is 9.62 Å². The number of aryl methyl sites for hydroxylation is 5. The summed E-state index contributed by atoms with van der Waals surface area (Å²) >= 11 is 0. The van der Waals surface area contributed by atoms with Crippen molar-refractivity contribution in [1.29, 1.82) is 0 Å². The van der Waals surface area contributed by atoms with Gasteiger partial charge in [0, 0.05) is 5.56 Å². The zero-order valence-electron chi connectivity index (χ0n) is 21.1. The van der Waals surface area contributed by atoms with E-state index in [-0.39, 0.29) is 18.5 Å². The molecule has 34 heavy (non-hydrogen) atoms. The first-order chi connectivity index (χ1) is 15.9. The molecule has 0 aliphatic heterocycles. The molecule has 0 fully saturated rings. The lowest BCUT2D eigenvalue weighted by Crippen LogP contribution is -2.30. The number of hydrogen-bond donors (Lipinski definition) is 1. The van der Waals surface area contributed by atoms with Gasteiger partial charge in [-0.2, -0.15) is 0 Å². The lowest BCUT2D eigenvalue weighted by molar-refractivity contribution is 0.0939. The first kappa shape index (κ1) is 25.5. The Morgan fingerprint density at radius 2 is 1.47 bits per heavy atom. The van der Waals surface area contributed by atoms with E-state index < -0.39 is 10.0 Å². The summed E-state index contributed by atoms with van der Waals surface area (Å²) in [6.07, 6.45) is 1.22. The number of sulfonamides is 1. The van der Waals surface area contributed by atoms with E-state index in [1.54, 1.807) is 12.1 Å². The second-order valence-corrected chi connectivity index (χ2v) is 11.2. The van der Waals surface area contributed by atoms with Gasteiger partial charge in [-0.15, -0.1) is 0 Å². The molecule has 0 saturated heterocycles. The van der Waals surface area contributed by atoms with Crippen molar-refractivity contribution in [3.8, 4) is 0 Å². The van der Waals surface area contributed by atoms with Crippen LogP contribution in [0.15, 0.2) is 54.6 Å². The van der Waals surface area contributed by atoms with Crippen molar-refractivity contribution in [2.45, 2.75) is 54.1 Å². The van der Waals surface area contributed by atoms with E-state index in [1.807, 2.05) is 51.1 Å². The third-order valence-electron chi connectivity index (χ3n) is 6.27. The molecule has 0 bridgehead atoms. The van der Waals surface area contributed by atoms with Crippen molar-refractivity contribution in [2.24, 2.45) is 0 Å². The molecule has 180 valence electrons. The summed E-state index contributed by atoms with van der Waals surface area (Å²) in [7, 11) is -3.49. The maximum absolute atomic E-state index is 12.9. The van der Waals surface area contributed by atoms with Gasteiger partial charge in [0.25, 0.3) is 5.91 Å². The Morgan fingerprint density at radius 3 is 2.09 bits per heavy atom. The summed E-state index contributed by atoms with van der Waals surface area (Å²) in [5.74, 6) is -0.161. The molecule has 0 aliphatic rings. The van der Waals surface area contributed by atoms with E-state index in [1.165, 1.54) is 21.7 Å². The largest absolute Gasteiger partial charge is 0.346 e. The number of rotatable bonds is 7. The van der Waals surface area contributed by atoms with Gasteiger partial charge < -0.3 is 5.32 Å². The number of carbonyl (C=O) groups is 1. The summed E-state index contributed by atoms with van der Waals surface area (Å²) in [6.45, 7) is 12.2. The van der Waals surface area contributed by atoms with E-state index in [9.17, 15) is 13.2 Å². The summed E-state index contributed by atoms with van der Waals surface area (Å²) in [5.41, 5.74) is 8.59. The predicted octanol–water partition coefficient (Wildman–Crippen LogP) is 5.69. The number of anilines is 1. The van der Waals surface area contributed by atoms with Crippen molar-refractivity contribution < 1.29 is 13.2 Å². The van der Waals surface area contributed by atoms with E-state index in [2.05, 4.69) is 38.2 Å². The SMILES string of the molecule is Cc1ccc(C)c(N(Cc2ccc(C(=O)N[C@H](C)c3cc(C)c(C)cc3C)cc2)S(C)(=O)=O)c1. The Balaban J connectivity index is 1.78. The second-order valence-electron chi connectivity index (χ2n) is 9.24. The molecular weight excluding hydrogens is 444 g/mol. The Morgan fingerprint density at radius 1 is 0.853 bits per heavy atom. The molecular formula is C28H34N2O3S. The number of amides is 1. The number of benzene rings is 3. The van der Waals surface area contributed by atoms with Gasteiger partial charge in [0.05, 0.1) is 24.5 Å². The summed E-state index contributed by atoms with van der Waals surface area (Å²) in [5, 5.41) is 3.08. The Hall–Kier alpha value is -3.12. The minimum absolute atomic E-state index is 0.128. The molecule has 1 atom stereocenters. The smallest absolute Gasteiger partial charge is 0.251 e. The molecule has 0 spiro atoms. The highest BCUT2D eigenvalue weighted by Crippen LogP contribution is 2.26. The third kappa shape index (κ3) is 5.86. The Kier molecular flexibility index (Phi) is 7.51. The van der Waals surface area contributed by atoms with Gasteiger partial charge >= 0.3 is 0 Å². The average molecular weight is 479 g/mol. The van der Waals surface area contributed by atoms with Crippen LogP contribution in [0.1, 0.15) is 62.3 Å². The first-order valence-electron chi connectivity index (χ1n) is 11.4. The van der Waals surface area contributed by atoms with Crippen LogP contribution >= 0.6 is 0 Å². The lowest BCUT2D eigenvalue weighted by atomic mass is 9.96. The van der Waals surface area contributed by atoms with E-state index in [0.29, 0.717) is 11.3 Å². The van der Waals surface area contributed by atoms with Crippen LogP contribution in [0.3, 0.4) is 0 Å². The van der Waals surface area contributed by atoms with Crippen molar-refractivity contribution in [3.05, 3.63) is 99.1 Å². The fourth-order valence-corrected chi connectivity index (χ4v) is 5.04. The topological polar surface area (TPSA) is 66.5 Å². The van der Waals surface area contributed by atoms with E-state index >= 15 is 0 Å². The molecule has 0 radical (unpaired) electrons. The molecule has 3 rings (SSSR count). The minimum atomic E-state index is -3.49. The molecule has 1 N–H and O–H groups in total. The molecule has 6 heteroatoms. The minimum Gasteiger partial charge on any atom is -0.346 e. The molecule has 1 amide bonds. The molecule has 0 saturated carbocycles. The molecule has 0 aliphatic carbocycles. The number of hydrogen-bond acceptors (Lipinski definition) is 3. The highest BCUT2D eigenvalue weighted by molar-refractivity contribution is 7.92. The normalized spacial score (nSPS) is 12.3. The van der Waals surface area contributed by atoms with Crippen LogP contribution in [-0.4, -0.2) is 20.6 Å². The average Bonchev–Trinajstić information content (AvgIpc) is 2.76. The van der Waals surface area contributed by atoms with Crippen molar-refractivity contribution >= 4 is 21.6 Å². The predicted molar refractivity (Wildman–Crippen MR) is 140 cm³/mol. The quantitative estimate of drug-likeness (QED) is 0.475. The van der Waals surface area contributed by atoms with Gasteiger partial charge in [-0.3, -0.25) is 9.10 Å². The Labute approximate surface area is 203 Å². The molecule has 0 unspecified atom stereocenters. The van der Waals surface area contributed by atoms with Gasteiger partial charge in [-0.05, 0) is 98.7 Å². The highest BCUT2D eigenvalue weighted by atomic mass is 32.2. The molecule has 3 aromatic carbocycles. The number of nitrogens with one attached hydrogen (secondary N) is 1. The van der Waals surface area contributed by atoms with Crippen molar-refractivity contribution in [3.63, 3.8) is 0 Å². The van der Waals surface area contributed by atoms with Gasteiger partial charge in [-0.1, -0.05) is 36.4 Å². The van der Waals surface area contributed by atoms with Crippen molar-refractivity contribution in [2.75, 3.05) is 10.6 Å². The van der Waals surface area contributed by atoms with Crippen LogP contribution in [0.25, 0.3) is 0 Å². The number of nitrogens with zero attached hydrogens (tertiary/aromatic N) is 1. The first-order valence-corrected chi connectivity index (χ1v) is 13.2. The van der Waals surface area contributed by atoms with Gasteiger partial charge in [-0.25, -0.2) is 8.42 Å². The number of carbonyl (C=O) groups excluding carboxylic acids is 1. The fraction of sp³-hybridized carbons (Fsp3) is 0.321. The van der Waals surface area contributed by atoms with Crippen LogP contribution in [0.5, 0.6) is 0 Å². The maximum Gasteiger partial charge on any atom is 0.251 e. The van der Waals surface area contributed by atoms with Gasteiger partial charge in [0.15, 0.2) is 0 Å². The van der Waals surface area contributed by atoms with Crippen LogP contribution in [0.4, 0.5) is 5.69 Å². The zero-order valence-corrected chi connectivity index (χ0v) is 21.9. The van der Waals surface area contributed by atoms with Gasteiger partial charge in [0.1, 0.15) is 0 Å². The highest BCUT2D eigenvalue weighted by Gasteiger charge is 2.20. The van der Waals surface area contributed by atoms with Crippen LogP contribution in [0, 0.1) is 34.6 Å². The fourth-order valence-electron chi connectivity index (χ4n) is 4.10. The maximum atomic E-state index is 12.9. The van der Waals surface area contributed by atoms with Crippen molar-refractivity contribution in [1.82, 2.24) is 5.32 Å². The van der Waals surface area contributed by atoms with E-state index in [4.69, 9.17) is 0 Å². The monoisotopic (exact) mass is 478 g/mol. The van der Waals surface area contributed by atoms with Gasteiger partial charge in [0.2, 0.25) is 10.0 Å².